The highest BCUT2D eigenvalue weighted by atomic mass is 32.2. The predicted molar refractivity (Wildman–Crippen MR) is 70.7 cm³/mol. The van der Waals surface area contributed by atoms with Crippen LogP contribution in [0, 0.1) is 6.92 Å². The van der Waals surface area contributed by atoms with Crippen molar-refractivity contribution in [1.82, 2.24) is 10.0 Å². The van der Waals surface area contributed by atoms with Crippen LogP contribution in [0.4, 0.5) is 0 Å². The van der Waals surface area contributed by atoms with E-state index in [2.05, 4.69) is 10.0 Å². The maximum Gasteiger partial charge on any atom is 0.216 e. The van der Waals surface area contributed by atoms with Crippen LogP contribution in [0.15, 0.2) is 12.1 Å². The van der Waals surface area contributed by atoms with Gasteiger partial charge in [-0.3, -0.25) is 0 Å². The Labute approximate surface area is 106 Å². The highest BCUT2D eigenvalue weighted by Crippen LogP contribution is 2.16. The van der Waals surface area contributed by atoms with Crippen LogP contribution in [0.3, 0.4) is 0 Å². The van der Waals surface area contributed by atoms with Gasteiger partial charge in [-0.1, -0.05) is 0 Å². The molecule has 1 unspecified atom stereocenters. The average Bonchev–Trinajstić information content (AvgIpc) is 2.74. The Morgan fingerprint density at radius 1 is 1.53 bits per heavy atom. The highest BCUT2D eigenvalue weighted by molar-refractivity contribution is 7.90. The van der Waals surface area contributed by atoms with Gasteiger partial charge in [0.25, 0.3) is 0 Å². The van der Waals surface area contributed by atoms with E-state index in [9.17, 15) is 8.42 Å². The van der Waals surface area contributed by atoms with E-state index in [1.54, 1.807) is 11.3 Å². The van der Waals surface area contributed by atoms with Crippen LogP contribution in [0.2, 0.25) is 0 Å². The minimum absolute atomic E-state index is 0.280. The molecule has 96 valence electrons. The number of hydrogen-bond donors (Lipinski definition) is 2. The van der Waals surface area contributed by atoms with Gasteiger partial charge in [0.1, 0.15) is 0 Å². The average molecular weight is 274 g/mol. The summed E-state index contributed by atoms with van der Waals surface area (Å²) in [6, 6.07) is 3.98. The molecular formula is C11H18N2O2S2. The van der Waals surface area contributed by atoms with Crippen molar-refractivity contribution >= 4 is 21.4 Å². The molecule has 1 aromatic heterocycles. The first-order chi connectivity index (χ1) is 8.08. The highest BCUT2D eigenvalue weighted by Gasteiger charge is 2.26. The zero-order valence-corrected chi connectivity index (χ0v) is 11.5. The van der Waals surface area contributed by atoms with Crippen LogP contribution in [0.25, 0.3) is 0 Å². The second kappa shape index (κ2) is 5.48. The zero-order valence-electron chi connectivity index (χ0n) is 9.90. The van der Waals surface area contributed by atoms with Crippen LogP contribution in [-0.4, -0.2) is 26.8 Å². The standard InChI is InChI=1S/C11H18N2O2S2/c1-9-4-5-10(16-9)7-13-17(14,15)11-3-2-6-12-8-11/h4-5,11-13H,2-3,6-8H2,1H3. The van der Waals surface area contributed by atoms with Gasteiger partial charge in [-0.2, -0.15) is 0 Å². The van der Waals surface area contributed by atoms with Gasteiger partial charge >= 0.3 is 0 Å². The first kappa shape index (κ1) is 13.0. The van der Waals surface area contributed by atoms with Gasteiger partial charge in [-0.15, -0.1) is 11.3 Å². The normalized spacial score (nSPS) is 21.6. The lowest BCUT2D eigenvalue weighted by atomic mass is 10.2. The Morgan fingerprint density at radius 3 is 2.94 bits per heavy atom. The molecule has 6 heteroatoms. The fraction of sp³-hybridized carbons (Fsp3) is 0.636. The SMILES string of the molecule is Cc1ccc(CNS(=O)(=O)C2CCCNC2)s1. The van der Waals surface area contributed by atoms with Gasteiger partial charge in [0.05, 0.1) is 5.25 Å². The van der Waals surface area contributed by atoms with Crippen LogP contribution < -0.4 is 10.0 Å². The zero-order chi connectivity index (χ0) is 12.3. The van der Waals surface area contributed by atoms with E-state index >= 15 is 0 Å². The lowest BCUT2D eigenvalue weighted by Gasteiger charge is -2.22. The summed E-state index contributed by atoms with van der Waals surface area (Å²) < 4.78 is 26.7. The summed E-state index contributed by atoms with van der Waals surface area (Å²) in [6.45, 7) is 3.93. The van der Waals surface area contributed by atoms with Crippen LogP contribution in [-0.2, 0) is 16.6 Å². The van der Waals surface area contributed by atoms with Crippen molar-refractivity contribution in [3.63, 3.8) is 0 Å². The van der Waals surface area contributed by atoms with Gasteiger partial charge in [0.15, 0.2) is 0 Å². The molecular weight excluding hydrogens is 256 g/mol. The van der Waals surface area contributed by atoms with E-state index < -0.39 is 10.0 Å². The molecule has 0 spiro atoms. The first-order valence-electron chi connectivity index (χ1n) is 5.82. The third-order valence-electron chi connectivity index (χ3n) is 2.93. The molecule has 0 bridgehead atoms. The summed E-state index contributed by atoms with van der Waals surface area (Å²) in [5.74, 6) is 0. The fourth-order valence-corrected chi connectivity index (χ4v) is 4.28. The van der Waals surface area contributed by atoms with E-state index in [0.717, 1.165) is 24.3 Å². The third-order valence-corrected chi connectivity index (χ3v) is 5.76. The number of hydrogen-bond acceptors (Lipinski definition) is 4. The predicted octanol–water partition coefficient (Wildman–Crippen LogP) is 1.23. The van der Waals surface area contributed by atoms with Gasteiger partial charge in [0, 0.05) is 22.8 Å². The quantitative estimate of drug-likeness (QED) is 0.868. The molecule has 0 aliphatic carbocycles. The largest absolute Gasteiger partial charge is 0.315 e. The number of nitrogens with one attached hydrogen (secondary N) is 2. The molecule has 2 rings (SSSR count). The van der Waals surface area contributed by atoms with Crippen molar-refractivity contribution in [2.75, 3.05) is 13.1 Å². The topological polar surface area (TPSA) is 58.2 Å². The lowest BCUT2D eigenvalue weighted by Crippen LogP contribution is -2.43. The fourth-order valence-electron chi connectivity index (χ4n) is 1.95. The summed E-state index contributed by atoms with van der Waals surface area (Å²) in [5.41, 5.74) is 0. The second-order valence-corrected chi connectivity index (χ2v) is 7.76. The van der Waals surface area contributed by atoms with E-state index in [1.165, 1.54) is 4.88 Å². The van der Waals surface area contributed by atoms with Crippen LogP contribution in [0.5, 0.6) is 0 Å². The van der Waals surface area contributed by atoms with Gasteiger partial charge in [0.2, 0.25) is 10.0 Å². The maximum absolute atomic E-state index is 12.0. The Morgan fingerprint density at radius 2 is 2.35 bits per heavy atom. The van der Waals surface area contributed by atoms with Crippen molar-refractivity contribution < 1.29 is 8.42 Å². The molecule has 1 aliphatic rings. The Hall–Kier alpha value is -0.430. The summed E-state index contributed by atoms with van der Waals surface area (Å²) in [4.78, 5) is 2.27. The number of aryl methyl sites for hydroxylation is 1. The van der Waals surface area contributed by atoms with Crippen molar-refractivity contribution in [3.8, 4) is 0 Å². The summed E-state index contributed by atoms with van der Waals surface area (Å²) in [6.07, 6.45) is 1.69. The Kier molecular flexibility index (Phi) is 4.19. The van der Waals surface area contributed by atoms with Crippen molar-refractivity contribution in [2.45, 2.75) is 31.6 Å². The van der Waals surface area contributed by atoms with Gasteiger partial charge in [-0.25, -0.2) is 13.1 Å². The molecule has 1 aromatic rings. The molecule has 0 amide bonds. The maximum atomic E-state index is 12.0. The molecule has 0 radical (unpaired) electrons. The number of rotatable bonds is 4. The Balaban J connectivity index is 1.92. The van der Waals surface area contributed by atoms with Crippen molar-refractivity contribution in [3.05, 3.63) is 21.9 Å². The smallest absolute Gasteiger partial charge is 0.216 e. The molecule has 1 aliphatic heterocycles. The molecule has 0 saturated carbocycles. The molecule has 1 fully saturated rings. The lowest BCUT2D eigenvalue weighted by molar-refractivity contribution is 0.490. The monoisotopic (exact) mass is 274 g/mol. The van der Waals surface area contributed by atoms with E-state index in [1.807, 2.05) is 19.1 Å². The van der Waals surface area contributed by atoms with E-state index in [0.29, 0.717) is 13.1 Å². The molecule has 2 heterocycles. The van der Waals surface area contributed by atoms with Gasteiger partial charge < -0.3 is 5.32 Å². The minimum atomic E-state index is -3.18. The molecule has 2 N–H and O–H groups in total. The molecule has 4 nitrogen and oxygen atoms in total. The first-order valence-corrected chi connectivity index (χ1v) is 8.19. The molecule has 1 saturated heterocycles. The summed E-state index contributed by atoms with van der Waals surface area (Å²) in [7, 11) is -3.18. The summed E-state index contributed by atoms with van der Waals surface area (Å²) >= 11 is 1.63. The number of thiophene rings is 1. The van der Waals surface area contributed by atoms with E-state index in [4.69, 9.17) is 0 Å². The van der Waals surface area contributed by atoms with Gasteiger partial charge in [-0.05, 0) is 38.4 Å². The second-order valence-electron chi connectivity index (χ2n) is 4.35. The Bertz CT molecular complexity index is 462. The summed E-state index contributed by atoms with van der Waals surface area (Å²) in [5, 5.41) is 2.85. The van der Waals surface area contributed by atoms with Crippen LogP contribution in [0.1, 0.15) is 22.6 Å². The van der Waals surface area contributed by atoms with Crippen molar-refractivity contribution in [2.24, 2.45) is 0 Å². The molecule has 0 aromatic carbocycles. The third kappa shape index (κ3) is 3.51. The van der Waals surface area contributed by atoms with E-state index in [-0.39, 0.29) is 5.25 Å². The number of piperidine rings is 1. The number of sulfonamides is 1. The minimum Gasteiger partial charge on any atom is -0.315 e. The molecule has 17 heavy (non-hydrogen) atoms. The van der Waals surface area contributed by atoms with Crippen molar-refractivity contribution in [1.29, 1.82) is 0 Å². The molecule has 1 atom stereocenters. The van der Waals surface area contributed by atoms with Crippen LogP contribution >= 0.6 is 11.3 Å².